The molecule has 2 aromatic rings. The van der Waals surface area contributed by atoms with Crippen LogP contribution in [-0.2, 0) is 19.6 Å². The molecule has 1 N–H and O–H groups in total. The lowest BCUT2D eigenvalue weighted by molar-refractivity contribution is -0.141. The molecule has 1 heterocycles. The maximum atomic E-state index is 12.6. The van der Waals surface area contributed by atoms with Crippen LogP contribution >= 0.6 is 0 Å². The van der Waals surface area contributed by atoms with Crippen molar-refractivity contribution in [2.24, 2.45) is 7.05 Å². The molecule has 0 fully saturated rings. The third-order valence-electron chi connectivity index (χ3n) is 3.52. The van der Waals surface area contributed by atoms with E-state index in [2.05, 4.69) is 17.3 Å². The molecule has 0 aliphatic heterocycles. The van der Waals surface area contributed by atoms with Crippen LogP contribution in [0.5, 0.6) is 5.75 Å². The molecule has 25 heavy (non-hydrogen) atoms. The van der Waals surface area contributed by atoms with Crippen LogP contribution in [0.2, 0.25) is 0 Å². The predicted octanol–water partition coefficient (Wildman–Crippen LogP) is 3.20. The molecule has 8 heteroatoms. The Morgan fingerprint density at radius 3 is 2.52 bits per heavy atom. The van der Waals surface area contributed by atoms with Crippen LogP contribution in [0.15, 0.2) is 30.3 Å². The number of benzene rings is 1. The Kier molecular flexibility index (Phi) is 6.06. The highest BCUT2D eigenvalue weighted by Gasteiger charge is 2.35. The molecule has 0 bridgehead atoms. The first-order valence-electron chi connectivity index (χ1n) is 7.92. The van der Waals surface area contributed by atoms with E-state index in [4.69, 9.17) is 4.74 Å². The van der Waals surface area contributed by atoms with Gasteiger partial charge in [-0.1, -0.05) is 25.5 Å². The van der Waals surface area contributed by atoms with Gasteiger partial charge >= 0.3 is 6.18 Å². The molecule has 136 valence electrons. The van der Waals surface area contributed by atoms with Crippen LogP contribution in [0, 0.1) is 0 Å². The molecule has 0 saturated heterocycles. The molecule has 1 aromatic heterocycles. The molecular weight excluding hydrogens is 335 g/mol. The van der Waals surface area contributed by atoms with E-state index in [1.54, 1.807) is 0 Å². The van der Waals surface area contributed by atoms with Crippen molar-refractivity contribution >= 4 is 5.91 Å². The third kappa shape index (κ3) is 5.23. The van der Waals surface area contributed by atoms with E-state index in [1.807, 2.05) is 24.3 Å². The van der Waals surface area contributed by atoms with Gasteiger partial charge in [0, 0.05) is 13.1 Å². The van der Waals surface area contributed by atoms with Crippen molar-refractivity contribution < 1.29 is 22.7 Å². The minimum atomic E-state index is -4.58. The normalized spacial score (nSPS) is 11.4. The summed E-state index contributed by atoms with van der Waals surface area (Å²) in [7, 11) is 1.29. The SMILES string of the molecule is CCCc1ccc(OCCNC(=O)c2cc(C(F)(F)F)nn2C)cc1. The molecule has 0 unspecified atom stereocenters. The molecule has 1 amide bonds. The van der Waals surface area contributed by atoms with Gasteiger partial charge < -0.3 is 10.1 Å². The minimum Gasteiger partial charge on any atom is -0.492 e. The average molecular weight is 355 g/mol. The van der Waals surface area contributed by atoms with E-state index in [-0.39, 0.29) is 18.8 Å². The number of aryl methyl sites for hydroxylation is 2. The van der Waals surface area contributed by atoms with Crippen LogP contribution in [0.4, 0.5) is 13.2 Å². The molecule has 5 nitrogen and oxygen atoms in total. The molecule has 0 radical (unpaired) electrons. The Hall–Kier alpha value is -2.51. The molecule has 2 rings (SSSR count). The van der Waals surface area contributed by atoms with Gasteiger partial charge in [0.1, 0.15) is 18.1 Å². The number of nitrogens with zero attached hydrogens (tertiary/aromatic N) is 2. The van der Waals surface area contributed by atoms with Crippen molar-refractivity contribution in [3.8, 4) is 5.75 Å². The molecule has 0 aliphatic rings. The zero-order valence-electron chi connectivity index (χ0n) is 14.1. The van der Waals surface area contributed by atoms with Gasteiger partial charge in [-0.3, -0.25) is 9.48 Å². The first kappa shape index (κ1) is 18.8. The van der Waals surface area contributed by atoms with Gasteiger partial charge in [0.05, 0.1) is 6.54 Å². The number of amides is 1. The average Bonchev–Trinajstić information content (AvgIpc) is 2.95. The van der Waals surface area contributed by atoms with Gasteiger partial charge in [-0.2, -0.15) is 18.3 Å². The van der Waals surface area contributed by atoms with Crippen molar-refractivity contribution in [3.05, 3.63) is 47.3 Å². The molecule has 0 aliphatic carbocycles. The lowest BCUT2D eigenvalue weighted by Crippen LogP contribution is -2.29. The number of halogens is 3. The Bertz CT molecular complexity index is 709. The number of hydrogen-bond acceptors (Lipinski definition) is 3. The fourth-order valence-corrected chi connectivity index (χ4v) is 2.28. The highest BCUT2D eigenvalue weighted by atomic mass is 19.4. The van der Waals surface area contributed by atoms with Gasteiger partial charge in [-0.25, -0.2) is 0 Å². The second-order valence-corrected chi connectivity index (χ2v) is 5.53. The lowest BCUT2D eigenvalue weighted by atomic mass is 10.1. The van der Waals surface area contributed by atoms with E-state index < -0.39 is 17.8 Å². The van der Waals surface area contributed by atoms with E-state index in [0.717, 1.165) is 23.6 Å². The fraction of sp³-hybridized carbons (Fsp3) is 0.412. The summed E-state index contributed by atoms with van der Waals surface area (Å²) in [5.74, 6) is 0.0430. The second-order valence-electron chi connectivity index (χ2n) is 5.53. The predicted molar refractivity (Wildman–Crippen MR) is 86.5 cm³/mol. The summed E-state index contributed by atoms with van der Waals surface area (Å²) >= 11 is 0. The van der Waals surface area contributed by atoms with Gasteiger partial charge in [0.15, 0.2) is 5.69 Å². The number of hydrogen-bond donors (Lipinski definition) is 1. The Morgan fingerprint density at radius 2 is 1.96 bits per heavy atom. The lowest BCUT2D eigenvalue weighted by Gasteiger charge is -2.08. The highest BCUT2D eigenvalue weighted by Crippen LogP contribution is 2.28. The van der Waals surface area contributed by atoms with E-state index >= 15 is 0 Å². The standard InChI is InChI=1S/C17H20F3N3O2/c1-3-4-12-5-7-13(8-6-12)25-10-9-21-16(24)14-11-15(17(18,19)20)22-23(14)2/h5-8,11H,3-4,9-10H2,1-2H3,(H,21,24). The molecule has 0 spiro atoms. The van der Waals surface area contributed by atoms with Crippen LogP contribution in [-0.4, -0.2) is 28.8 Å². The summed E-state index contributed by atoms with van der Waals surface area (Å²) < 4.78 is 44.2. The number of carbonyl (C=O) groups is 1. The van der Waals surface area contributed by atoms with E-state index in [9.17, 15) is 18.0 Å². The van der Waals surface area contributed by atoms with Crippen molar-refractivity contribution in [3.63, 3.8) is 0 Å². The number of aromatic nitrogens is 2. The topological polar surface area (TPSA) is 56.1 Å². The number of alkyl halides is 3. The van der Waals surface area contributed by atoms with E-state index in [1.165, 1.54) is 12.6 Å². The third-order valence-corrected chi connectivity index (χ3v) is 3.52. The smallest absolute Gasteiger partial charge is 0.435 e. The zero-order valence-corrected chi connectivity index (χ0v) is 14.1. The molecule has 0 saturated carbocycles. The van der Waals surface area contributed by atoms with Gasteiger partial charge in [-0.15, -0.1) is 0 Å². The number of rotatable bonds is 7. The Balaban J connectivity index is 1.81. The van der Waals surface area contributed by atoms with Crippen LogP contribution in [0.1, 0.15) is 35.1 Å². The Morgan fingerprint density at radius 1 is 1.28 bits per heavy atom. The maximum Gasteiger partial charge on any atom is 0.435 e. The summed E-state index contributed by atoms with van der Waals surface area (Å²) in [5, 5.41) is 5.82. The molecule has 1 aromatic carbocycles. The number of ether oxygens (including phenoxy) is 1. The maximum absolute atomic E-state index is 12.6. The Labute approximate surface area is 143 Å². The largest absolute Gasteiger partial charge is 0.492 e. The van der Waals surface area contributed by atoms with Crippen molar-refractivity contribution in [1.82, 2.24) is 15.1 Å². The van der Waals surface area contributed by atoms with Crippen LogP contribution < -0.4 is 10.1 Å². The summed E-state index contributed by atoms with van der Waals surface area (Å²) in [4.78, 5) is 11.9. The first-order valence-corrected chi connectivity index (χ1v) is 7.92. The van der Waals surface area contributed by atoms with Crippen molar-refractivity contribution in [2.45, 2.75) is 25.9 Å². The van der Waals surface area contributed by atoms with Gasteiger partial charge in [0.25, 0.3) is 5.91 Å². The van der Waals surface area contributed by atoms with E-state index in [0.29, 0.717) is 5.75 Å². The van der Waals surface area contributed by atoms with Gasteiger partial charge in [0.2, 0.25) is 0 Å². The van der Waals surface area contributed by atoms with Crippen LogP contribution in [0.25, 0.3) is 0 Å². The first-order chi connectivity index (χ1) is 11.8. The molecule has 0 atom stereocenters. The highest BCUT2D eigenvalue weighted by molar-refractivity contribution is 5.92. The van der Waals surface area contributed by atoms with Gasteiger partial charge in [-0.05, 0) is 24.1 Å². The quantitative estimate of drug-likeness (QED) is 0.776. The monoisotopic (exact) mass is 355 g/mol. The summed E-state index contributed by atoms with van der Waals surface area (Å²) in [5.41, 5.74) is -0.0281. The van der Waals surface area contributed by atoms with Crippen molar-refractivity contribution in [1.29, 1.82) is 0 Å². The van der Waals surface area contributed by atoms with Crippen LogP contribution in [0.3, 0.4) is 0 Å². The zero-order chi connectivity index (χ0) is 18.4. The number of nitrogens with one attached hydrogen (secondary N) is 1. The summed E-state index contributed by atoms with van der Waals surface area (Å²) in [6, 6.07) is 8.38. The fourth-order valence-electron chi connectivity index (χ4n) is 2.28. The molecular formula is C17H20F3N3O2. The summed E-state index contributed by atoms with van der Waals surface area (Å²) in [6.45, 7) is 2.48. The second kappa shape index (κ2) is 8.04. The minimum absolute atomic E-state index is 0.156. The number of carbonyl (C=O) groups excluding carboxylic acids is 1. The van der Waals surface area contributed by atoms with Crippen molar-refractivity contribution in [2.75, 3.05) is 13.2 Å². The summed E-state index contributed by atoms with van der Waals surface area (Å²) in [6.07, 6.45) is -2.51.